The van der Waals surface area contributed by atoms with E-state index in [-0.39, 0.29) is 6.04 Å². The number of hydrogen-bond acceptors (Lipinski definition) is 3. The second kappa shape index (κ2) is 7.07. The molecule has 0 fully saturated rings. The van der Waals surface area contributed by atoms with Gasteiger partial charge in [0.1, 0.15) is 0 Å². The molecule has 0 aromatic carbocycles. The van der Waals surface area contributed by atoms with E-state index in [0.29, 0.717) is 0 Å². The van der Waals surface area contributed by atoms with Crippen LogP contribution in [0.4, 0.5) is 5.69 Å². The van der Waals surface area contributed by atoms with Crippen molar-refractivity contribution in [1.29, 1.82) is 0 Å². The molecule has 0 amide bonds. The average molecular weight is 233 g/mol. The molecule has 0 radical (unpaired) electrons. The van der Waals surface area contributed by atoms with Gasteiger partial charge in [-0.3, -0.25) is 4.98 Å². The first-order valence-electron chi connectivity index (χ1n) is 6.30. The van der Waals surface area contributed by atoms with Gasteiger partial charge in [0.15, 0.2) is 0 Å². The third-order valence-corrected chi connectivity index (χ3v) is 2.80. The minimum absolute atomic E-state index is 0.0445. The van der Waals surface area contributed by atoms with E-state index < -0.39 is 0 Å². The number of anilines is 1. The molecule has 0 aliphatic heterocycles. The zero-order valence-corrected chi connectivity index (χ0v) is 10.9. The van der Waals surface area contributed by atoms with Gasteiger partial charge in [-0.15, -0.1) is 6.58 Å². The average Bonchev–Trinajstić information content (AvgIpc) is 2.38. The molecule has 0 bridgehead atoms. The van der Waals surface area contributed by atoms with Crippen LogP contribution in [0.1, 0.15) is 38.4 Å². The Morgan fingerprint density at radius 2 is 2.24 bits per heavy atom. The van der Waals surface area contributed by atoms with Crippen molar-refractivity contribution in [2.75, 3.05) is 18.0 Å². The molecular weight excluding hydrogens is 210 g/mol. The third kappa shape index (κ3) is 3.86. The predicted octanol–water partition coefficient (Wildman–Crippen LogP) is 2.89. The lowest BCUT2D eigenvalue weighted by Gasteiger charge is -2.22. The van der Waals surface area contributed by atoms with Crippen molar-refractivity contribution in [2.24, 2.45) is 5.73 Å². The second-order valence-corrected chi connectivity index (χ2v) is 4.19. The first kappa shape index (κ1) is 13.7. The highest BCUT2D eigenvalue weighted by Crippen LogP contribution is 2.17. The van der Waals surface area contributed by atoms with E-state index in [1.807, 2.05) is 18.3 Å². The molecular formula is C14H23N3. The summed E-state index contributed by atoms with van der Waals surface area (Å²) in [4.78, 5) is 6.70. The van der Waals surface area contributed by atoms with Gasteiger partial charge in [-0.05, 0) is 25.0 Å². The van der Waals surface area contributed by atoms with Crippen LogP contribution >= 0.6 is 0 Å². The van der Waals surface area contributed by atoms with Crippen LogP contribution in [0.5, 0.6) is 0 Å². The third-order valence-electron chi connectivity index (χ3n) is 2.80. The molecule has 1 aromatic rings. The summed E-state index contributed by atoms with van der Waals surface area (Å²) < 4.78 is 0. The van der Waals surface area contributed by atoms with Crippen LogP contribution in [0, 0.1) is 0 Å². The first-order valence-corrected chi connectivity index (χ1v) is 6.30. The van der Waals surface area contributed by atoms with E-state index in [1.165, 1.54) is 0 Å². The Morgan fingerprint density at radius 3 is 2.71 bits per heavy atom. The van der Waals surface area contributed by atoms with Crippen molar-refractivity contribution in [3.63, 3.8) is 0 Å². The van der Waals surface area contributed by atoms with Gasteiger partial charge in [0.2, 0.25) is 0 Å². The fourth-order valence-electron chi connectivity index (χ4n) is 1.76. The standard InChI is InChI=1S/C14H23N3/c1-4-9-17(10-5-2)12-7-8-14(16-11-12)13(15)6-3/h4,7-8,11,13H,1,5-6,9-10,15H2,2-3H3/t13-/m0/s1. The van der Waals surface area contributed by atoms with Gasteiger partial charge in [0.05, 0.1) is 17.6 Å². The van der Waals surface area contributed by atoms with Crippen LogP contribution in [-0.2, 0) is 0 Å². The van der Waals surface area contributed by atoms with E-state index in [2.05, 4.69) is 36.4 Å². The summed E-state index contributed by atoms with van der Waals surface area (Å²) >= 11 is 0. The van der Waals surface area contributed by atoms with Gasteiger partial charge in [-0.2, -0.15) is 0 Å². The van der Waals surface area contributed by atoms with Gasteiger partial charge in [0, 0.05) is 19.1 Å². The molecule has 1 rings (SSSR count). The van der Waals surface area contributed by atoms with Gasteiger partial charge in [0.25, 0.3) is 0 Å². The Labute approximate surface area is 104 Å². The summed E-state index contributed by atoms with van der Waals surface area (Å²) in [7, 11) is 0. The van der Waals surface area contributed by atoms with Crippen molar-refractivity contribution < 1.29 is 0 Å². The lowest BCUT2D eigenvalue weighted by molar-refractivity contribution is 0.674. The summed E-state index contributed by atoms with van der Waals surface area (Å²) in [6, 6.07) is 4.16. The van der Waals surface area contributed by atoms with Crippen LogP contribution in [-0.4, -0.2) is 18.1 Å². The Morgan fingerprint density at radius 1 is 1.47 bits per heavy atom. The number of nitrogens with zero attached hydrogens (tertiary/aromatic N) is 2. The highest BCUT2D eigenvalue weighted by atomic mass is 15.1. The fourth-order valence-corrected chi connectivity index (χ4v) is 1.76. The molecule has 94 valence electrons. The fraction of sp³-hybridized carbons (Fsp3) is 0.500. The SMILES string of the molecule is C=CCN(CCC)c1ccc([C@@H](N)CC)nc1. The summed E-state index contributed by atoms with van der Waals surface area (Å²) in [6.07, 6.45) is 5.85. The Hall–Kier alpha value is -1.35. The maximum atomic E-state index is 5.95. The van der Waals surface area contributed by atoms with E-state index in [0.717, 1.165) is 37.3 Å². The normalized spacial score (nSPS) is 12.2. The zero-order chi connectivity index (χ0) is 12.7. The number of rotatable bonds is 7. The summed E-state index contributed by atoms with van der Waals surface area (Å²) in [5.74, 6) is 0. The lowest BCUT2D eigenvalue weighted by atomic mass is 10.1. The van der Waals surface area contributed by atoms with Crippen molar-refractivity contribution in [1.82, 2.24) is 4.98 Å². The molecule has 0 unspecified atom stereocenters. The van der Waals surface area contributed by atoms with E-state index in [1.54, 1.807) is 0 Å². The molecule has 1 aromatic heterocycles. The monoisotopic (exact) mass is 233 g/mol. The molecule has 3 heteroatoms. The summed E-state index contributed by atoms with van der Waals surface area (Å²) in [6.45, 7) is 9.90. The lowest BCUT2D eigenvalue weighted by Crippen LogP contribution is -2.24. The zero-order valence-electron chi connectivity index (χ0n) is 10.9. The molecule has 0 aliphatic rings. The minimum atomic E-state index is 0.0445. The van der Waals surface area contributed by atoms with Gasteiger partial charge in [-0.25, -0.2) is 0 Å². The van der Waals surface area contributed by atoms with Crippen LogP contribution < -0.4 is 10.6 Å². The van der Waals surface area contributed by atoms with Gasteiger partial charge in [-0.1, -0.05) is 19.9 Å². The molecule has 17 heavy (non-hydrogen) atoms. The Balaban J connectivity index is 2.79. The first-order chi connectivity index (χ1) is 8.22. The van der Waals surface area contributed by atoms with Crippen molar-refractivity contribution in [3.8, 4) is 0 Å². The van der Waals surface area contributed by atoms with Gasteiger partial charge >= 0.3 is 0 Å². The van der Waals surface area contributed by atoms with Crippen molar-refractivity contribution in [3.05, 3.63) is 36.7 Å². The maximum absolute atomic E-state index is 5.95. The molecule has 0 saturated heterocycles. The summed E-state index contributed by atoms with van der Waals surface area (Å²) in [5.41, 5.74) is 8.05. The van der Waals surface area contributed by atoms with Gasteiger partial charge < -0.3 is 10.6 Å². The van der Waals surface area contributed by atoms with Crippen LogP contribution in [0.15, 0.2) is 31.0 Å². The molecule has 3 nitrogen and oxygen atoms in total. The number of nitrogens with two attached hydrogens (primary N) is 1. The quantitative estimate of drug-likeness (QED) is 0.736. The molecule has 1 atom stereocenters. The van der Waals surface area contributed by atoms with Crippen LogP contribution in [0.25, 0.3) is 0 Å². The molecule has 1 heterocycles. The smallest absolute Gasteiger partial charge is 0.0572 e. The largest absolute Gasteiger partial charge is 0.367 e. The van der Waals surface area contributed by atoms with Crippen LogP contribution in [0.3, 0.4) is 0 Å². The number of pyridine rings is 1. The Bertz CT molecular complexity index is 332. The molecule has 0 aliphatic carbocycles. The second-order valence-electron chi connectivity index (χ2n) is 4.19. The van der Waals surface area contributed by atoms with E-state index in [4.69, 9.17) is 5.73 Å². The number of hydrogen-bond donors (Lipinski definition) is 1. The number of aromatic nitrogens is 1. The van der Waals surface area contributed by atoms with E-state index in [9.17, 15) is 0 Å². The highest BCUT2D eigenvalue weighted by molar-refractivity contribution is 5.45. The van der Waals surface area contributed by atoms with E-state index >= 15 is 0 Å². The Kier molecular flexibility index (Phi) is 5.70. The molecule has 2 N–H and O–H groups in total. The van der Waals surface area contributed by atoms with Crippen LogP contribution in [0.2, 0.25) is 0 Å². The van der Waals surface area contributed by atoms with Crippen molar-refractivity contribution in [2.45, 2.75) is 32.7 Å². The predicted molar refractivity (Wildman–Crippen MR) is 74.2 cm³/mol. The summed E-state index contributed by atoms with van der Waals surface area (Å²) in [5, 5.41) is 0. The highest BCUT2D eigenvalue weighted by Gasteiger charge is 2.07. The maximum Gasteiger partial charge on any atom is 0.0572 e. The van der Waals surface area contributed by atoms with Crippen molar-refractivity contribution >= 4 is 5.69 Å². The molecule has 0 saturated carbocycles. The topological polar surface area (TPSA) is 42.1 Å². The molecule has 0 spiro atoms. The minimum Gasteiger partial charge on any atom is -0.367 e.